The summed E-state index contributed by atoms with van der Waals surface area (Å²) in [4.78, 5) is 20.2. The van der Waals surface area contributed by atoms with Crippen LogP contribution in [0.1, 0.15) is 13.8 Å². The van der Waals surface area contributed by atoms with Crippen molar-refractivity contribution < 1.29 is 19.1 Å². The van der Waals surface area contributed by atoms with Gasteiger partial charge in [-0.15, -0.1) is 0 Å². The second kappa shape index (κ2) is 10.5. The molecule has 0 heterocycles. The highest BCUT2D eigenvalue weighted by Gasteiger charge is 1.96. The topological polar surface area (TPSA) is 52.6 Å². The van der Waals surface area contributed by atoms with Crippen LogP contribution in [0.15, 0.2) is 25.3 Å². The maximum absolute atomic E-state index is 10.4. The summed E-state index contributed by atoms with van der Waals surface area (Å²) >= 11 is 0. The Morgan fingerprint density at radius 2 is 1.67 bits per heavy atom. The van der Waals surface area contributed by atoms with Gasteiger partial charge < -0.3 is 9.47 Å². The molecule has 0 fully saturated rings. The Morgan fingerprint density at radius 3 is 1.87 bits per heavy atom. The van der Waals surface area contributed by atoms with Gasteiger partial charge in [0.2, 0.25) is 0 Å². The summed E-state index contributed by atoms with van der Waals surface area (Å²) in [6, 6.07) is 0. The minimum absolute atomic E-state index is 0.344. The average Bonchev–Trinajstić information content (AvgIpc) is 2.25. The zero-order valence-electron chi connectivity index (χ0n) is 9.49. The summed E-state index contributed by atoms with van der Waals surface area (Å²) in [6.07, 6.45) is 2.28. The van der Waals surface area contributed by atoms with E-state index in [1.807, 2.05) is 13.8 Å². The van der Waals surface area contributed by atoms with Crippen LogP contribution in [0.4, 0.5) is 0 Å². The standard InChI is InChI=1S/C7H12O2.C4H6O2/c1-4-7(8)9-5-6(2)3;1-3-4(5)6-2/h4,6H,1,5H2,2-3H3;3H,1H2,2H3. The summed E-state index contributed by atoms with van der Waals surface area (Å²) < 4.78 is 8.84. The van der Waals surface area contributed by atoms with Gasteiger partial charge in [-0.05, 0) is 5.92 Å². The lowest BCUT2D eigenvalue weighted by Gasteiger charge is -2.02. The van der Waals surface area contributed by atoms with Crippen LogP contribution in [0, 0.1) is 5.92 Å². The van der Waals surface area contributed by atoms with Crippen LogP contribution in [0.2, 0.25) is 0 Å². The third-order valence-corrected chi connectivity index (χ3v) is 1.09. The maximum Gasteiger partial charge on any atom is 0.330 e. The number of methoxy groups -OCH3 is 1. The van der Waals surface area contributed by atoms with E-state index in [2.05, 4.69) is 17.9 Å². The number of carbonyl (C=O) groups is 2. The molecule has 86 valence electrons. The minimum Gasteiger partial charge on any atom is -0.466 e. The van der Waals surface area contributed by atoms with Crippen LogP contribution < -0.4 is 0 Å². The molecule has 0 amide bonds. The molecular formula is C11H18O4. The van der Waals surface area contributed by atoms with Crippen molar-refractivity contribution in [2.24, 2.45) is 5.92 Å². The van der Waals surface area contributed by atoms with Crippen molar-refractivity contribution in [2.75, 3.05) is 13.7 Å². The SMILES string of the molecule is C=CC(=O)OC.C=CC(=O)OCC(C)C. The van der Waals surface area contributed by atoms with Crippen molar-refractivity contribution >= 4 is 11.9 Å². The fraction of sp³-hybridized carbons (Fsp3) is 0.455. The van der Waals surface area contributed by atoms with Crippen LogP contribution in [0.25, 0.3) is 0 Å². The number of carbonyl (C=O) groups excluding carboxylic acids is 2. The number of esters is 2. The first kappa shape index (κ1) is 15.9. The van der Waals surface area contributed by atoms with Gasteiger partial charge in [-0.1, -0.05) is 27.0 Å². The molecule has 0 bridgehead atoms. The van der Waals surface area contributed by atoms with Crippen molar-refractivity contribution in [1.82, 2.24) is 0 Å². The number of hydrogen-bond acceptors (Lipinski definition) is 4. The van der Waals surface area contributed by atoms with E-state index in [0.717, 1.165) is 6.08 Å². The monoisotopic (exact) mass is 214 g/mol. The molecule has 0 unspecified atom stereocenters. The van der Waals surface area contributed by atoms with Crippen LogP contribution in [-0.4, -0.2) is 25.7 Å². The van der Waals surface area contributed by atoms with E-state index in [9.17, 15) is 9.59 Å². The number of rotatable bonds is 4. The molecule has 4 nitrogen and oxygen atoms in total. The molecule has 0 spiro atoms. The van der Waals surface area contributed by atoms with Crippen LogP contribution in [0.5, 0.6) is 0 Å². The molecule has 0 atom stereocenters. The molecule has 0 aliphatic rings. The van der Waals surface area contributed by atoms with Crippen molar-refractivity contribution in [3.63, 3.8) is 0 Å². The zero-order valence-corrected chi connectivity index (χ0v) is 9.49. The molecule has 15 heavy (non-hydrogen) atoms. The molecule has 0 saturated heterocycles. The predicted molar refractivity (Wildman–Crippen MR) is 58.2 cm³/mol. The van der Waals surface area contributed by atoms with E-state index < -0.39 is 5.97 Å². The summed E-state index contributed by atoms with van der Waals surface area (Å²) in [5, 5.41) is 0. The number of ether oxygens (including phenoxy) is 2. The molecule has 0 aliphatic heterocycles. The van der Waals surface area contributed by atoms with E-state index in [-0.39, 0.29) is 5.97 Å². The summed E-state index contributed by atoms with van der Waals surface area (Å²) in [5.41, 5.74) is 0. The van der Waals surface area contributed by atoms with Gasteiger partial charge in [-0.2, -0.15) is 0 Å². The minimum atomic E-state index is -0.394. The van der Waals surface area contributed by atoms with E-state index in [1.54, 1.807) is 0 Å². The smallest absolute Gasteiger partial charge is 0.330 e. The average molecular weight is 214 g/mol. The largest absolute Gasteiger partial charge is 0.466 e. The normalized spacial score (nSPS) is 8.27. The fourth-order valence-electron chi connectivity index (χ4n) is 0.391. The molecule has 0 N–H and O–H groups in total. The van der Waals surface area contributed by atoms with Crippen molar-refractivity contribution in [3.8, 4) is 0 Å². The second-order valence-electron chi connectivity index (χ2n) is 2.96. The molecule has 0 radical (unpaired) electrons. The molecule has 0 saturated carbocycles. The summed E-state index contributed by atoms with van der Waals surface area (Å²) in [6.45, 7) is 10.9. The Morgan fingerprint density at radius 1 is 1.20 bits per heavy atom. The molecule has 0 aromatic heterocycles. The van der Waals surface area contributed by atoms with E-state index in [4.69, 9.17) is 4.74 Å². The summed E-state index contributed by atoms with van der Waals surface area (Å²) in [7, 11) is 1.31. The summed E-state index contributed by atoms with van der Waals surface area (Å²) in [5.74, 6) is -0.340. The van der Waals surface area contributed by atoms with Crippen LogP contribution >= 0.6 is 0 Å². The van der Waals surface area contributed by atoms with Gasteiger partial charge in [0, 0.05) is 12.2 Å². The highest BCUT2D eigenvalue weighted by molar-refractivity contribution is 5.81. The van der Waals surface area contributed by atoms with Crippen LogP contribution in [0.3, 0.4) is 0 Å². The maximum atomic E-state index is 10.4. The lowest BCUT2D eigenvalue weighted by molar-refractivity contribution is -0.138. The Kier molecular flexibility index (Phi) is 11.1. The third-order valence-electron chi connectivity index (χ3n) is 1.09. The predicted octanol–water partition coefficient (Wildman–Crippen LogP) is 1.72. The highest BCUT2D eigenvalue weighted by Crippen LogP contribution is 1.92. The van der Waals surface area contributed by atoms with E-state index in [0.29, 0.717) is 12.5 Å². The molecule has 0 aromatic rings. The van der Waals surface area contributed by atoms with Gasteiger partial charge in [-0.25, -0.2) is 9.59 Å². The molecule has 0 aliphatic carbocycles. The van der Waals surface area contributed by atoms with Gasteiger partial charge in [0.05, 0.1) is 13.7 Å². The van der Waals surface area contributed by atoms with Crippen molar-refractivity contribution in [2.45, 2.75) is 13.8 Å². The Balaban J connectivity index is 0. The lowest BCUT2D eigenvalue weighted by Crippen LogP contribution is -2.06. The first-order valence-electron chi connectivity index (χ1n) is 4.47. The number of hydrogen-bond donors (Lipinski definition) is 0. The fourth-order valence-corrected chi connectivity index (χ4v) is 0.391. The molecule has 0 rings (SSSR count). The van der Waals surface area contributed by atoms with Gasteiger partial charge in [-0.3, -0.25) is 0 Å². The first-order valence-corrected chi connectivity index (χ1v) is 4.47. The van der Waals surface area contributed by atoms with E-state index in [1.165, 1.54) is 13.2 Å². The van der Waals surface area contributed by atoms with E-state index >= 15 is 0 Å². The molecule has 4 heteroatoms. The molecular weight excluding hydrogens is 196 g/mol. The van der Waals surface area contributed by atoms with Gasteiger partial charge in [0.1, 0.15) is 0 Å². The van der Waals surface area contributed by atoms with Gasteiger partial charge >= 0.3 is 11.9 Å². The Bertz CT molecular complexity index is 219. The lowest BCUT2D eigenvalue weighted by atomic mass is 10.2. The van der Waals surface area contributed by atoms with Crippen molar-refractivity contribution in [1.29, 1.82) is 0 Å². The van der Waals surface area contributed by atoms with Crippen LogP contribution in [-0.2, 0) is 19.1 Å². The Hall–Kier alpha value is -1.58. The van der Waals surface area contributed by atoms with Crippen molar-refractivity contribution in [3.05, 3.63) is 25.3 Å². The highest BCUT2D eigenvalue weighted by atomic mass is 16.5. The second-order valence-corrected chi connectivity index (χ2v) is 2.96. The molecule has 0 aromatic carbocycles. The zero-order chi connectivity index (χ0) is 12.3. The van der Waals surface area contributed by atoms with Gasteiger partial charge in [0.25, 0.3) is 0 Å². The van der Waals surface area contributed by atoms with Gasteiger partial charge in [0.15, 0.2) is 0 Å². The third kappa shape index (κ3) is 15.2. The quantitative estimate of drug-likeness (QED) is 0.528. The first-order chi connectivity index (χ1) is 6.97. The Labute approximate surface area is 90.6 Å².